The average Bonchev–Trinajstić information content (AvgIpc) is 2.04. The minimum atomic E-state index is -0.321. The summed E-state index contributed by atoms with van der Waals surface area (Å²) < 4.78 is 13.1. The van der Waals surface area contributed by atoms with Gasteiger partial charge in [-0.1, -0.05) is 19.6 Å². The Balaban J connectivity index is 0.000000845. The van der Waals surface area contributed by atoms with Gasteiger partial charge in [0.25, 0.3) is 0 Å². The Hall–Kier alpha value is -1.64. The highest BCUT2D eigenvalue weighted by molar-refractivity contribution is 5.91. The molecule has 0 radical (unpaired) electrons. The van der Waals surface area contributed by atoms with E-state index in [0.29, 0.717) is 5.39 Å². The van der Waals surface area contributed by atoms with E-state index in [2.05, 4.69) is 4.98 Å². The molecule has 1 heterocycles. The van der Waals surface area contributed by atoms with Gasteiger partial charge in [-0.3, -0.25) is 0 Å². The number of anilines is 1. The van der Waals surface area contributed by atoms with Crippen LogP contribution in [-0.4, -0.2) is 4.98 Å². The Morgan fingerprint density at radius 3 is 2.69 bits per heavy atom. The summed E-state index contributed by atoms with van der Waals surface area (Å²) in [4.78, 5) is 3.81. The largest absolute Gasteiger partial charge is 0.383 e. The second-order valence-corrected chi connectivity index (χ2v) is 2.53. The van der Waals surface area contributed by atoms with E-state index in [-0.39, 0.29) is 19.1 Å². The Labute approximate surface area is 76.2 Å². The number of halogens is 1. The second kappa shape index (κ2) is 3.39. The van der Waals surface area contributed by atoms with E-state index >= 15 is 0 Å². The Bertz CT molecular complexity index is 389. The van der Waals surface area contributed by atoms with Crippen LogP contribution < -0.4 is 5.73 Å². The molecule has 2 nitrogen and oxygen atoms in total. The molecule has 0 saturated heterocycles. The van der Waals surface area contributed by atoms with Crippen molar-refractivity contribution in [2.24, 2.45) is 0 Å². The van der Waals surface area contributed by atoms with Crippen LogP contribution in [0.5, 0.6) is 0 Å². The number of fused-ring (bicyclic) bond motifs is 1. The van der Waals surface area contributed by atoms with Crippen LogP contribution in [0.4, 0.5) is 10.2 Å². The van der Waals surface area contributed by atoms with Gasteiger partial charge in [0.15, 0.2) is 0 Å². The molecule has 13 heavy (non-hydrogen) atoms. The summed E-state index contributed by atoms with van der Waals surface area (Å²) in [5, 5.41) is 1.18. The van der Waals surface area contributed by atoms with E-state index in [0.717, 1.165) is 5.39 Å². The molecule has 3 heteroatoms. The normalized spacial score (nSPS) is 9.62. The van der Waals surface area contributed by atoms with Gasteiger partial charge in [-0.15, -0.1) is 0 Å². The molecular weight excluding hydrogens is 167 g/mol. The molecule has 2 rings (SSSR count). The number of aromatic nitrogens is 1. The van der Waals surface area contributed by atoms with Gasteiger partial charge in [-0.2, -0.15) is 0 Å². The molecule has 2 aromatic rings. The van der Waals surface area contributed by atoms with E-state index < -0.39 is 0 Å². The monoisotopic (exact) mass is 178 g/mol. The Morgan fingerprint density at radius 2 is 2.00 bits per heavy atom. The number of nitrogens with two attached hydrogens (primary N) is 1. The quantitative estimate of drug-likeness (QED) is 0.673. The molecule has 0 atom stereocenters. The lowest BCUT2D eigenvalue weighted by atomic mass is 10.1. The van der Waals surface area contributed by atoms with Crippen molar-refractivity contribution in [2.75, 3.05) is 5.73 Å². The van der Waals surface area contributed by atoms with E-state index in [1.54, 1.807) is 24.4 Å². The Morgan fingerprint density at radius 1 is 1.23 bits per heavy atom. The number of benzene rings is 1. The van der Waals surface area contributed by atoms with Crippen molar-refractivity contribution < 1.29 is 4.39 Å². The fraction of sp³-hybridized carbons (Fsp3) is 0.100. The molecule has 0 unspecified atom stereocenters. The van der Waals surface area contributed by atoms with Gasteiger partial charge in [-0.05, 0) is 17.5 Å². The summed E-state index contributed by atoms with van der Waals surface area (Å²) in [6.07, 6.45) is 1.57. The van der Waals surface area contributed by atoms with Crippen molar-refractivity contribution in [1.82, 2.24) is 4.98 Å². The van der Waals surface area contributed by atoms with Gasteiger partial charge in [0.1, 0.15) is 11.6 Å². The van der Waals surface area contributed by atoms with Crippen LogP contribution in [0.25, 0.3) is 10.8 Å². The molecule has 0 aliphatic rings. The van der Waals surface area contributed by atoms with Gasteiger partial charge in [-0.25, -0.2) is 9.37 Å². The summed E-state index contributed by atoms with van der Waals surface area (Å²) >= 11 is 0. The zero-order valence-electron chi connectivity index (χ0n) is 6.29. The number of pyridine rings is 1. The first kappa shape index (κ1) is 9.45. The molecule has 0 spiro atoms. The average molecular weight is 178 g/mol. The molecule has 0 amide bonds. The van der Waals surface area contributed by atoms with Crippen LogP contribution in [0, 0.1) is 5.82 Å². The van der Waals surface area contributed by atoms with Gasteiger partial charge in [0.2, 0.25) is 0 Å². The fourth-order valence-corrected chi connectivity index (χ4v) is 1.21. The maximum atomic E-state index is 13.1. The number of nitrogen functional groups attached to an aromatic ring is 1. The van der Waals surface area contributed by atoms with Gasteiger partial charge >= 0.3 is 0 Å². The standard InChI is InChI=1S/C9H7FN2.CH4/c10-7-3-1-2-6-4-5-12-9(11)8(6)7;/h1-5H,(H2,11,12);1H4. The van der Waals surface area contributed by atoms with Crippen LogP contribution in [0.3, 0.4) is 0 Å². The SMILES string of the molecule is C.Nc1nccc2cccc(F)c12. The van der Waals surface area contributed by atoms with Crippen LogP contribution in [-0.2, 0) is 0 Å². The molecule has 0 aliphatic heterocycles. The second-order valence-electron chi connectivity index (χ2n) is 2.53. The third kappa shape index (κ3) is 1.45. The summed E-state index contributed by atoms with van der Waals surface area (Å²) in [5.74, 6) is -0.0799. The van der Waals surface area contributed by atoms with Crippen LogP contribution in [0.2, 0.25) is 0 Å². The molecule has 0 fully saturated rings. The molecule has 2 N–H and O–H groups in total. The predicted molar refractivity (Wildman–Crippen MR) is 52.8 cm³/mol. The third-order valence-electron chi connectivity index (χ3n) is 1.77. The van der Waals surface area contributed by atoms with Crippen LogP contribution in [0.15, 0.2) is 30.5 Å². The molecule has 1 aromatic heterocycles. The Kier molecular flexibility index (Phi) is 2.46. The number of rotatable bonds is 0. The van der Waals surface area contributed by atoms with E-state index in [1.165, 1.54) is 6.07 Å². The first-order chi connectivity index (χ1) is 5.79. The topological polar surface area (TPSA) is 38.9 Å². The zero-order chi connectivity index (χ0) is 8.55. The molecule has 0 saturated carbocycles. The van der Waals surface area contributed by atoms with Gasteiger partial charge < -0.3 is 5.73 Å². The minimum absolute atomic E-state index is 0. The minimum Gasteiger partial charge on any atom is -0.383 e. The lowest BCUT2D eigenvalue weighted by Gasteiger charge is -2.00. The van der Waals surface area contributed by atoms with Gasteiger partial charge in [0.05, 0.1) is 5.39 Å². The highest BCUT2D eigenvalue weighted by atomic mass is 19.1. The van der Waals surface area contributed by atoms with Crippen molar-refractivity contribution in [3.8, 4) is 0 Å². The molecule has 0 aliphatic carbocycles. The van der Waals surface area contributed by atoms with Crippen molar-refractivity contribution in [1.29, 1.82) is 0 Å². The summed E-state index contributed by atoms with van der Waals surface area (Å²) in [6.45, 7) is 0. The maximum absolute atomic E-state index is 13.1. The number of hydrogen-bond acceptors (Lipinski definition) is 2. The zero-order valence-corrected chi connectivity index (χ0v) is 6.29. The molecule has 0 bridgehead atoms. The molecule has 1 aromatic carbocycles. The highest BCUT2D eigenvalue weighted by Crippen LogP contribution is 2.20. The number of hydrogen-bond donors (Lipinski definition) is 1. The van der Waals surface area contributed by atoms with Crippen LogP contribution >= 0.6 is 0 Å². The third-order valence-corrected chi connectivity index (χ3v) is 1.77. The highest BCUT2D eigenvalue weighted by Gasteiger charge is 2.02. The van der Waals surface area contributed by atoms with Crippen molar-refractivity contribution in [3.63, 3.8) is 0 Å². The predicted octanol–water partition coefficient (Wildman–Crippen LogP) is 2.59. The smallest absolute Gasteiger partial charge is 0.134 e. The van der Waals surface area contributed by atoms with E-state index in [1.807, 2.05) is 0 Å². The molecule has 68 valence electrons. The number of nitrogens with zero attached hydrogens (tertiary/aromatic N) is 1. The van der Waals surface area contributed by atoms with E-state index in [9.17, 15) is 4.39 Å². The fourth-order valence-electron chi connectivity index (χ4n) is 1.21. The first-order valence-electron chi connectivity index (χ1n) is 3.58. The molecular formula is C10H11FN2. The van der Waals surface area contributed by atoms with Crippen molar-refractivity contribution >= 4 is 16.6 Å². The van der Waals surface area contributed by atoms with E-state index in [4.69, 9.17) is 5.73 Å². The van der Waals surface area contributed by atoms with Crippen molar-refractivity contribution in [3.05, 3.63) is 36.3 Å². The lowest BCUT2D eigenvalue weighted by molar-refractivity contribution is 0.640. The van der Waals surface area contributed by atoms with Crippen LogP contribution in [0.1, 0.15) is 7.43 Å². The lowest BCUT2D eigenvalue weighted by Crippen LogP contribution is -1.92. The first-order valence-corrected chi connectivity index (χ1v) is 3.58. The van der Waals surface area contributed by atoms with Crippen molar-refractivity contribution in [2.45, 2.75) is 7.43 Å². The maximum Gasteiger partial charge on any atom is 0.134 e. The summed E-state index contributed by atoms with van der Waals surface area (Å²) in [6, 6.07) is 6.56. The summed E-state index contributed by atoms with van der Waals surface area (Å²) in [5.41, 5.74) is 5.51. The summed E-state index contributed by atoms with van der Waals surface area (Å²) in [7, 11) is 0. The van der Waals surface area contributed by atoms with Gasteiger partial charge in [0, 0.05) is 6.20 Å².